The smallest absolute Gasteiger partial charge is 0.254 e. The molecule has 4 N–H and O–H groups in total. The molecule has 5 atom stereocenters. The summed E-state index contributed by atoms with van der Waals surface area (Å²) in [6.45, 7) is 3.67. The number of aliphatic hydroxyl groups is 4. The number of aliphatic hydroxyl groups excluding tert-OH is 4. The van der Waals surface area contributed by atoms with Gasteiger partial charge in [-0.3, -0.25) is 9.69 Å². The lowest BCUT2D eigenvalue weighted by Gasteiger charge is -2.41. The number of hydrogen-bond acceptors (Lipinski definition) is 7. The van der Waals surface area contributed by atoms with Gasteiger partial charge in [0.2, 0.25) is 0 Å². The zero-order valence-corrected chi connectivity index (χ0v) is 15.2. The number of rotatable bonds is 4. The number of hydrogen-bond donors (Lipinski definition) is 4. The number of ether oxygens (including phenoxy) is 1. The predicted octanol–water partition coefficient (Wildman–Crippen LogP) is -1.10. The Morgan fingerprint density at radius 1 is 0.885 bits per heavy atom. The molecule has 0 aromatic heterocycles. The normalized spacial score (nSPS) is 37.7. The second-order valence-electron chi connectivity index (χ2n) is 7.88. The van der Waals surface area contributed by atoms with E-state index in [1.54, 1.807) is 4.90 Å². The van der Waals surface area contributed by atoms with Crippen LogP contribution in [0, 0.1) is 5.92 Å². The van der Waals surface area contributed by atoms with Gasteiger partial charge in [0.25, 0.3) is 5.91 Å². The topological polar surface area (TPSA) is 114 Å². The van der Waals surface area contributed by atoms with Crippen molar-refractivity contribution in [3.8, 4) is 0 Å². The number of nitrogens with zero attached hydrogens (tertiary/aromatic N) is 2. The Bertz CT molecular complexity index is 465. The molecule has 0 radical (unpaired) electrons. The fraction of sp³-hybridized carbons (Fsp3) is 0.944. The fourth-order valence-corrected chi connectivity index (χ4v) is 4.28. The molecule has 2 saturated heterocycles. The van der Waals surface area contributed by atoms with E-state index < -0.39 is 36.6 Å². The van der Waals surface area contributed by atoms with Gasteiger partial charge in [0.1, 0.15) is 18.3 Å². The highest BCUT2D eigenvalue weighted by Gasteiger charge is 2.47. The molecule has 8 nitrogen and oxygen atoms in total. The summed E-state index contributed by atoms with van der Waals surface area (Å²) in [5, 5.41) is 38.9. The minimum atomic E-state index is -1.68. The summed E-state index contributed by atoms with van der Waals surface area (Å²) < 4.78 is 5.04. The summed E-state index contributed by atoms with van der Waals surface area (Å²) in [6.07, 6.45) is 0.155. The van der Waals surface area contributed by atoms with Crippen molar-refractivity contribution in [2.75, 3.05) is 32.7 Å². The van der Waals surface area contributed by atoms with Crippen LogP contribution in [-0.2, 0) is 9.53 Å². The summed E-state index contributed by atoms with van der Waals surface area (Å²) in [5.41, 5.74) is 0. The first kappa shape index (κ1) is 20.0. The van der Waals surface area contributed by atoms with E-state index in [9.17, 15) is 25.2 Å². The van der Waals surface area contributed by atoms with E-state index in [1.165, 1.54) is 38.5 Å². The van der Waals surface area contributed by atoms with Gasteiger partial charge < -0.3 is 30.1 Å². The van der Waals surface area contributed by atoms with Crippen molar-refractivity contribution in [3.63, 3.8) is 0 Å². The Hall–Kier alpha value is -0.770. The molecule has 8 heteroatoms. The van der Waals surface area contributed by atoms with Gasteiger partial charge >= 0.3 is 0 Å². The van der Waals surface area contributed by atoms with Gasteiger partial charge in [0, 0.05) is 26.2 Å². The highest BCUT2D eigenvalue weighted by atomic mass is 16.6. The summed E-state index contributed by atoms with van der Waals surface area (Å²) in [7, 11) is 0. The quantitative estimate of drug-likeness (QED) is 0.495. The molecule has 0 aromatic rings. The second-order valence-corrected chi connectivity index (χ2v) is 7.88. The first-order valence-corrected chi connectivity index (χ1v) is 9.86. The van der Waals surface area contributed by atoms with E-state index in [-0.39, 0.29) is 0 Å². The lowest BCUT2D eigenvalue weighted by molar-refractivity contribution is -0.278. The monoisotopic (exact) mass is 372 g/mol. The molecular weight excluding hydrogens is 340 g/mol. The van der Waals surface area contributed by atoms with Crippen LogP contribution in [0.25, 0.3) is 0 Å². The summed E-state index contributed by atoms with van der Waals surface area (Å²) in [6, 6.07) is 0. The largest absolute Gasteiger partial charge is 0.387 e. The third-order valence-electron chi connectivity index (χ3n) is 6.09. The van der Waals surface area contributed by atoms with E-state index in [1.807, 2.05) is 0 Å². The van der Waals surface area contributed by atoms with Crippen LogP contribution in [0.4, 0.5) is 0 Å². The van der Waals surface area contributed by atoms with Crippen LogP contribution in [0.5, 0.6) is 0 Å². The van der Waals surface area contributed by atoms with E-state index in [2.05, 4.69) is 4.90 Å². The van der Waals surface area contributed by atoms with Gasteiger partial charge in [-0.05, 0) is 18.9 Å². The number of carbonyl (C=O) groups excluding carboxylic acids is 1. The maximum atomic E-state index is 12.6. The molecule has 3 fully saturated rings. The number of carbonyl (C=O) groups is 1. The van der Waals surface area contributed by atoms with Crippen LogP contribution in [-0.4, -0.2) is 99.6 Å². The van der Waals surface area contributed by atoms with E-state index in [4.69, 9.17) is 4.74 Å². The Kier molecular flexibility index (Phi) is 6.87. The highest BCUT2D eigenvalue weighted by Crippen LogP contribution is 2.27. The Balaban J connectivity index is 1.44. The van der Waals surface area contributed by atoms with Crippen molar-refractivity contribution in [1.82, 2.24) is 9.80 Å². The Labute approximate surface area is 154 Å². The van der Waals surface area contributed by atoms with Crippen LogP contribution >= 0.6 is 0 Å². The molecule has 1 amide bonds. The fourth-order valence-electron chi connectivity index (χ4n) is 4.28. The molecule has 1 saturated carbocycles. The zero-order chi connectivity index (χ0) is 18.7. The molecule has 3 rings (SSSR count). The Morgan fingerprint density at radius 2 is 1.54 bits per heavy atom. The van der Waals surface area contributed by atoms with Crippen molar-refractivity contribution in [2.24, 2.45) is 5.92 Å². The molecule has 1 aliphatic carbocycles. The lowest BCUT2D eigenvalue weighted by Crippen LogP contribution is -2.63. The molecule has 3 aliphatic rings. The van der Waals surface area contributed by atoms with E-state index in [0.717, 1.165) is 25.6 Å². The van der Waals surface area contributed by atoms with Crippen molar-refractivity contribution >= 4 is 5.91 Å². The first-order chi connectivity index (χ1) is 12.5. The average Bonchev–Trinajstić information content (AvgIpc) is 2.68. The number of piperazine rings is 1. The number of amides is 1. The lowest BCUT2D eigenvalue weighted by atomic mass is 9.87. The average molecular weight is 372 g/mol. The molecule has 0 bridgehead atoms. The Morgan fingerprint density at radius 3 is 2.19 bits per heavy atom. The molecular formula is C18H32N2O6. The van der Waals surface area contributed by atoms with Gasteiger partial charge in [0.15, 0.2) is 12.4 Å². The van der Waals surface area contributed by atoms with Crippen LogP contribution < -0.4 is 0 Å². The SMILES string of the molecule is O=C([C@H]1OC(O)[C@H](O)[C@@H](O)[C@@H]1O)N1CCN(CCC2CCCCC2)CC1. The maximum absolute atomic E-state index is 12.6. The van der Waals surface area contributed by atoms with Crippen molar-refractivity contribution in [3.05, 3.63) is 0 Å². The predicted molar refractivity (Wildman–Crippen MR) is 93.1 cm³/mol. The minimum absolute atomic E-state index is 0.450. The van der Waals surface area contributed by atoms with Crippen molar-refractivity contribution in [1.29, 1.82) is 0 Å². The molecule has 26 heavy (non-hydrogen) atoms. The van der Waals surface area contributed by atoms with Crippen molar-refractivity contribution < 1.29 is 30.0 Å². The maximum Gasteiger partial charge on any atom is 0.254 e. The van der Waals surface area contributed by atoms with Gasteiger partial charge in [-0.15, -0.1) is 0 Å². The van der Waals surface area contributed by atoms with E-state index >= 15 is 0 Å². The summed E-state index contributed by atoms with van der Waals surface area (Å²) >= 11 is 0. The van der Waals surface area contributed by atoms with Gasteiger partial charge in [-0.2, -0.15) is 0 Å². The summed E-state index contributed by atoms with van der Waals surface area (Å²) in [4.78, 5) is 16.6. The zero-order valence-electron chi connectivity index (χ0n) is 15.2. The molecule has 0 spiro atoms. The minimum Gasteiger partial charge on any atom is -0.387 e. The van der Waals surface area contributed by atoms with Crippen LogP contribution in [0.2, 0.25) is 0 Å². The third kappa shape index (κ3) is 4.55. The van der Waals surface area contributed by atoms with Gasteiger partial charge in [0.05, 0.1) is 0 Å². The van der Waals surface area contributed by atoms with Crippen LogP contribution in [0.1, 0.15) is 38.5 Å². The molecule has 1 unspecified atom stereocenters. The second kappa shape index (κ2) is 8.95. The van der Waals surface area contributed by atoms with Crippen LogP contribution in [0.15, 0.2) is 0 Å². The van der Waals surface area contributed by atoms with Gasteiger partial charge in [-0.25, -0.2) is 0 Å². The highest BCUT2D eigenvalue weighted by molar-refractivity contribution is 5.82. The molecule has 0 aromatic carbocycles. The van der Waals surface area contributed by atoms with E-state index in [0.29, 0.717) is 13.1 Å². The molecule has 150 valence electrons. The van der Waals surface area contributed by atoms with Crippen LogP contribution in [0.3, 0.4) is 0 Å². The summed E-state index contributed by atoms with van der Waals surface area (Å²) in [5.74, 6) is 0.387. The first-order valence-electron chi connectivity index (χ1n) is 9.86. The van der Waals surface area contributed by atoms with Crippen molar-refractivity contribution in [2.45, 2.75) is 69.2 Å². The standard InChI is InChI=1S/C18H32N2O6/c21-13-14(22)16(26-18(25)15(13)23)17(24)20-10-8-19(9-11-20)7-6-12-4-2-1-3-5-12/h12-16,18,21-23,25H,1-11H2/t13-,14-,15+,16-,18?/m0/s1. The van der Waals surface area contributed by atoms with Gasteiger partial charge in [-0.1, -0.05) is 32.1 Å². The molecule has 2 heterocycles. The third-order valence-corrected chi connectivity index (χ3v) is 6.09. The molecule has 2 aliphatic heterocycles.